The van der Waals surface area contributed by atoms with Crippen molar-refractivity contribution in [2.45, 2.75) is 19.5 Å². The SMILES string of the molecule is COc1cccc(N(C)Cc2c(Cl)cc(Cl)c(=O)n2CCc2ccc(C(=O)O)cc2)c1. The number of ether oxygens (including phenoxy) is 1. The van der Waals surface area contributed by atoms with Gasteiger partial charge < -0.3 is 19.3 Å². The monoisotopic (exact) mass is 460 g/mol. The summed E-state index contributed by atoms with van der Waals surface area (Å²) >= 11 is 12.6. The number of carboxylic acid groups (broad SMARTS) is 1. The Bertz CT molecular complexity index is 1140. The van der Waals surface area contributed by atoms with E-state index in [1.165, 1.54) is 6.07 Å². The fourth-order valence-electron chi connectivity index (χ4n) is 3.25. The molecule has 162 valence electrons. The number of methoxy groups -OCH3 is 1. The highest BCUT2D eigenvalue weighted by atomic mass is 35.5. The number of benzene rings is 2. The Morgan fingerprint density at radius 1 is 1.10 bits per heavy atom. The van der Waals surface area contributed by atoms with E-state index >= 15 is 0 Å². The molecular weight excluding hydrogens is 439 g/mol. The first-order valence-corrected chi connectivity index (χ1v) is 10.3. The van der Waals surface area contributed by atoms with Gasteiger partial charge in [0.1, 0.15) is 10.8 Å². The van der Waals surface area contributed by atoms with Crippen LogP contribution >= 0.6 is 23.2 Å². The molecule has 1 aromatic heterocycles. The predicted molar refractivity (Wildman–Crippen MR) is 123 cm³/mol. The van der Waals surface area contributed by atoms with Crippen LogP contribution in [0, 0.1) is 0 Å². The molecule has 3 rings (SSSR count). The molecular formula is C23H22Cl2N2O4. The Hall–Kier alpha value is -2.96. The molecule has 0 fully saturated rings. The molecule has 0 bridgehead atoms. The van der Waals surface area contributed by atoms with Crippen LogP contribution in [-0.2, 0) is 19.5 Å². The fraction of sp³-hybridized carbons (Fsp3) is 0.217. The molecule has 0 spiro atoms. The van der Waals surface area contributed by atoms with Crippen LogP contribution in [0.2, 0.25) is 10.0 Å². The van der Waals surface area contributed by atoms with Crippen molar-refractivity contribution < 1.29 is 14.6 Å². The molecule has 0 amide bonds. The number of nitrogens with zero attached hydrogens (tertiary/aromatic N) is 2. The number of aromatic carboxylic acids is 1. The van der Waals surface area contributed by atoms with Gasteiger partial charge in [-0.25, -0.2) is 4.79 Å². The lowest BCUT2D eigenvalue weighted by atomic mass is 10.1. The van der Waals surface area contributed by atoms with Crippen molar-refractivity contribution in [2.24, 2.45) is 0 Å². The maximum absolute atomic E-state index is 12.8. The number of halogens is 2. The van der Waals surface area contributed by atoms with E-state index < -0.39 is 5.97 Å². The highest BCUT2D eigenvalue weighted by Gasteiger charge is 2.15. The normalized spacial score (nSPS) is 10.7. The van der Waals surface area contributed by atoms with Crippen LogP contribution in [0.15, 0.2) is 59.4 Å². The molecule has 3 aromatic rings. The van der Waals surface area contributed by atoms with Crippen LogP contribution in [0.1, 0.15) is 21.6 Å². The summed E-state index contributed by atoms with van der Waals surface area (Å²) in [6.07, 6.45) is 0.520. The van der Waals surface area contributed by atoms with Crippen molar-refractivity contribution in [2.75, 3.05) is 19.1 Å². The molecule has 0 aliphatic carbocycles. The standard InChI is InChI=1S/C23H22Cl2N2O4/c1-26(17-4-3-5-18(12-17)31-2)14-21-19(24)13-20(25)22(28)27(21)11-10-15-6-8-16(9-7-15)23(29)30/h3-9,12-13H,10-11,14H2,1-2H3,(H,29,30). The zero-order valence-electron chi connectivity index (χ0n) is 17.1. The maximum Gasteiger partial charge on any atom is 0.335 e. The predicted octanol–water partition coefficient (Wildman–Crippen LogP) is 4.74. The lowest BCUT2D eigenvalue weighted by Gasteiger charge is -2.23. The second kappa shape index (κ2) is 9.90. The molecule has 0 saturated heterocycles. The topological polar surface area (TPSA) is 71.8 Å². The van der Waals surface area contributed by atoms with Gasteiger partial charge in [0, 0.05) is 25.3 Å². The number of aryl methyl sites for hydroxylation is 1. The van der Waals surface area contributed by atoms with E-state index in [1.807, 2.05) is 36.2 Å². The van der Waals surface area contributed by atoms with Crippen molar-refractivity contribution >= 4 is 34.9 Å². The van der Waals surface area contributed by atoms with Gasteiger partial charge in [0.15, 0.2) is 0 Å². The molecule has 1 heterocycles. The smallest absolute Gasteiger partial charge is 0.335 e. The lowest BCUT2D eigenvalue weighted by Crippen LogP contribution is -2.29. The van der Waals surface area contributed by atoms with Gasteiger partial charge in [0.25, 0.3) is 5.56 Å². The first-order valence-electron chi connectivity index (χ1n) is 9.55. The third-order valence-corrected chi connectivity index (χ3v) is 5.61. The van der Waals surface area contributed by atoms with E-state index in [4.69, 9.17) is 33.0 Å². The molecule has 0 aliphatic rings. The van der Waals surface area contributed by atoms with Gasteiger partial charge in [-0.3, -0.25) is 4.79 Å². The number of hydrogen-bond acceptors (Lipinski definition) is 4. The number of anilines is 1. The molecule has 0 atom stereocenters. The van der Waals surface area contributed by atoms with Gasteiger partial charge in [-0.1, -0.05) is 41.4 Å². The molecule has 31 heavy (non-hydrogen) atoms. The first kappa shape index (κ1) is 22.7. The summed E-state index contributed by atoms with van der Waals surface area (Å²) in [7, 11) is 3.51. The van der Waals surface area contributed by atoms with Gasteiger partial charge in [0.05, 0.1) is 29.9 Å². The molecule has 8 heteroatoms. The van der Waals surface area contributed by atoms with Crippen LogP contribution < -0.4 is 15.2 Å². The summed E-state index contributed by atoms with van der Waals surface area (Å²) in [5.41, 5.74) is 2.35. The zero-order chi connectivity index (χ0) is 22.5. The second-order valence-corrected chi connectivity index (χ2v) is 7.87. The molecule has 6 nitrogen and oxygen atoms in total. The van der Waals surface area contributed by atoms with E-state index in [9.17, 15) is 9.59 Å². The van der Waals surface area contributed by atoms with E-state index in [-0.39, 0.29) is 16.1 Å². The number of pyridine rings is 1. The maximum atomic E-state index is 12.8. The fourth-order valence-corrected chi connectivity index (χ4v) is 3.79. The number of rotatable bonds is 8. The van der Waals surface area contributed by atoms with Crippen LogP contribution in [0.3, 0.4) is 0 Å². The molecule has 1 N–H and O–H groups in total. The quantitative estimate of drug-likeness (QED) is 0.525. The van der Waals surface area contributed by atoms with Gasteiger partial charge in [-0.15, -0.1) is 0 Å². The van der Waals surface area contributed by atoms with Gasteiger partial charge >= 0.3 is 5.97 Å². The Morgan fingerprint density at radius 3 is 2.45 bits per heavy atom. The average Bonchev–Trinajstić information content (AvgIpc) is 2.77. The molecule has 0 radical (unpaired) electrons. The Morgan fingerprint density at radius 2 is 1.81 bits per heavy atom. The Labute approximate surface area is 190 Å². The summed E-state index contributed by atoms with van der Waals surface area (Å²) in [4.78, 5) is 25.8. The van der Waals surface area contributed by atoms with Gasteiger partial charge in [-0.05, 0) is 42.3 Å². The number of carbonyl (C=O) groups is 1. The molecule has 0 aliphatic heterocycles. The molecule has 2 aromatic carbocycles. The average molecular weight is 461 g/mol. The molecule has 0 unspecified atom stereocenters. The number of carboxylic acids is 1. The third kappa shape index (κ3) is 5.40. The molecule has 0 saturated carbocycles. The lowest BCUT2D eigenvalue weighted by molar-refractivity contribution is 0.0697. The van der Waals surface area contributed by atoms with Crippen molar-refractivity contribution in [3.8, 4) is 5.75 Å². The van der Waals surface area contributed by atoms with Crippen molar-refractivity contribution in [3.63, 3.8) is 0 Å². The second-order valence-electron chi connectivity index (χ2n) is 7.05. The van der Waals surface area contributed by atoms with E-state index in [1.54, 1.807) is 35.9 Å². The van der Waals surface area contributed by atoms with Crippen LogP contribution in [0.4, 0.5) is 5.69 Å². The summed E-state index contributed by atoms with van der Waals surface area (Å²) in [6, 6.07) is 15.6. The van der Waals surface area contributed by atoms with Crippen LogP contribution in [0.25, 0.3) is 0 Å². The number of aromatic nitrogens is 1. The minimum Gasteiger partial charge on any atom is -0.497 e. The Kier molecular flexibility index (Phi) is 7.25. The minimum atomic E-state index is -0.979. The van der Waals surface area contributed by atoms with Crippen molar-refractivity contribution in [3.05, 3.63) is 91.8 Å². The van der Waals surface area contributed by atoms with E-state index in [2.05, 4.69) is 0 Å². The third-order valence-electron chi connectivity index (χ3n) is 5.01. The highest BCUT2D eigenvalue weighted by Crippen LogP contribution is 2.25. The van der Waals surface area contributed by atoms with Crippen molar-refractivity contribution in [1.29, 1.82) is 0 Å². The highest BCUT2D eigenvalue weighted by molar-refractivity contribution is 6.34. The number of hydrogen-bond donors (Lipinski definition) is 1. The summed E-state index contributed by atoms with van der Waals surface area (Å²) in [5, 5.41) is 9.50. The zero-order valence-corrected chi connectivity index (χ0v) is 18.7. The van der Waals surface area contributed by atoms with E-state index in [0.717, 1.165) is 17.0 Å². The van der Waals surface area contributed by atoms with Gasteiger partial charge in [0.2, 0.25) is 0 Å². The Balaban J connectivity index is 1.87. The minimum absolute atomic E-state index is 0.0546. The summed E-state index contributed by atoms with van der Waals surface area (Å²) < 4.78 is 6.86. The van der Waals surface area contributed by atoms with Crippen LogP contribution in [-0.4, -0.2) is 29.8 Å². The first-order chi connectivity index (χ1) is 14.8. The largest absolute Gasteiger partial charge is 0.497 e. The van der Waals surface area contributed by atoms with Crippen LogP contribution in [0.5, 0.6) is 5.75 Å². The summed E-state index contributed by atoms with van der Waals surface area (Å²) in [5.74, 6) is -0.249. The van der Waals surface area contributed by atoms with Gasteiger partial charge in [-0.2, -0.15) is 0 Å². The van der Waals surface area contributed by atoms with Crippen molar-refractivity contribution in [1.82, 2.24) is 4.57 Å². The van der Waals surface area contributed by atoms with E-state index in [0.29, 0.717) is 30.2 Å². The summed E-state index contributed by atoms with van der Waals surface area (Å²) in [6.45, 7) is 0.739.